The molecular weight excluding hydrogens is 302 g/mol. The van der Waals surface area contributed by atoms with E-state index >= 15 is 0 Å². The van der Waals surface area contributed by atoms with Gasteiger partial charge in [-0.1, -0.05) is 30.3 Å². The van der Waals surface area contributed by atoms with Crippen LogP contribution in [0.15, 0.2) is 70.1 Å². The molecule has 0 N–H and O–H groups in total. The van der Waals surface area contributed by atoms with E-state index in [2.05, 4.69) is 4.98 Å². The molecule has 0 aliphatic carbocycles. The Balaban J connectivity index is 1.75. The lowest BCUT2D eigenvalue weighted by molar-refractivity contribution is 0.571. The number of fused-ring (bicyclic) bond motifs is 1. The molecule has 0 saturated heterocycles. The third-order valence-electron chi connectivity index (χ3n) is 4.13. The number of aryl methyl sites for hydroxylation is 1. The molecule has 0 spiro atoms. The van der Waals surface area contributed by atoms with Crippen LogP contribution in [-0.2, 0) is 13.1 Å². The van der Waals surface area contributed by atoms with Gasteiger partial charge < -0.3 is 4.42 Å². The fourth-order valence-corrected chi connectivity index (χ4v) is 2.99. The van der Waals surface area contributed by atoms with Gasteiger partial charge in [0.2, 0.25) is 5.89 Å². The first-order valence-electron chi connectivity index (χ1n) is 7.96. The maximum atomic E-state index is 12.7. The van der Waals surface area contributed by atoms with Crippen LogP contribution in [0.3, 0.4) is 0 Å². The van der Waals surface area contributed by atoms with E-state index in [1.165, 1.54) is 0 Å². The Morgan fingerprint density at radius 2 is 1.62 bits per heavy atom. The van der Waals surface area contributed by atoms with Gasteiger partial charge in [-0.05, 0) is 31.2 Å². The van der Waals surface area contributed by atoms with Gasteiger partial charge in [0.25, 0.3) is 0 Å². The van der Waals surface area contributed by atoms with Crippen molar-refractivity contribution < 1.29 is 4.42 Å². The molecule has 5 nitrogen and oxygen atoms in total. The molecule has 0 bridgehead atoms. The van der Waals surface area contributed by atoms with E-state index in [9.17, 15) is 4.79 Å². The number of nitrogens with zero attached hydrogens (tertiary/aromatic N) is 3. The molecule has 0 amide bonds. The quantitative estimate of drug-likeness (QED) is 0.578. The zero-order valence-corrected chi connectivity index (χ0v) is 13.3. The Labute approximate surface area is 138 Å². The standard InChI is InChI=1S/C19H17N3O2/c1-2-21-16-10-6-7-11-17(16)22(19(21)23)12-15-13-24-18(20-15)14-8-4-3-5-9-14/h3-11,13H,2,12H2,1H3. The molecule has 2 heterocycles. The van der Waals surface area contributed by atoms with Gasteiger partial charge in [-0.15, -0.1) is 0 Å². The minimum atomic E-state index is -0.0250. The molecule has 0 aliphatic heterocycles. The summed E-state index contributed by atoms with van der Waals surface area (Å²) in [6.07, 6.45) is 1.62. The fraction of sp³-hybridized carbons (Fsp3) is 0.158. The average molecular weight is 319 g/mol. The van der Waals surface area contributed by atoms with Gasteiger partial charge in [0, 0.05) is 12.1 Å². The van der Waals surface area contributed by atoms with Crippen LogP contribution < -0.4 is 5.69 Å². The normalized spacial score (nSPS) is 11.2. The fourth-order valence-electron chi connectivity index (χ4n) is 2.99. The molecule has 0 unspecified atom stereocenters. The van der Waals surface area contributed by atoms with Crippen LogP contribution in [0.4, 0.5) is 0 Å². The number of aromatic nitrogens is 3. The molecule has 5 heteroatoms. The predicted molar refractivity (Wildman–Crippen MR) is 92.9 cm³/mol. The maximum Gasteiger partial charge on any atom is 0.329 e. The number of para-hydroxylation sites is 2. The van der Waals surface area contributed by atoms with Crippen LogP contribution >= 0.6 is 0 Å². The number of oxazole rings is 1. The Kier molecular flexibility index (Phi) is 3.54. The van der Waals surface area contributed by atoms with Crippen molar-refractivity contribution >= 4 is 11.0 Å². The van der Waals surface area contributed by atoms with Crippen molar-refractivity contribution in [3.8, 4) is 11.5 Å². The molecular formula is C19H17N3O2. The second-order valence-electron chi connectivity index (χ2n) is 5.61. The van der Waals surface area contributed by atoms with Crippen LogP contribution in [0.25, 0.3) is 22.5 Å². The first kappa shape index (κ1) is 14.5. The summed E-state index contributed by atoms with van der Waals surface area (Å²) in [6, 6.07) is 17.5. The molecule has 0 aliphatic rings. The van der Waals surface area contributed by atoms with E-state index < -0.39 is 0 Å². The number of hydrogen-bond acceptors (Lipinski definition) is 3. The number of imidazole rings is 1. The van der Waals surface area contributed by atoms with E-state index in [1.807, 2.05) is 61.5 Å². The van der Waals surface area contributed by atoms with E-state index in [1.54, 1.807) is 15.4 Å². The minimum Gasteiger partial charge on any atom is -0.444 e. The third-order valence-corrected chi connectivity index (χ3v) is 4.13. The highest BCUT2D eigenvalue weighted by molar-refractivity contribution is 5.76. The van der Waals surface area contributed by atoms with Crippen LogP contribution in [0, 0.1) is 0 Å². The van der Waals surface area contributed by atoms with Gasteiger partial charge in [-0.25, -0.2) is 9.78 Å². The summed E-state index contributed by atoms with van der Waals surface area (Å²) in [5.74, 6) is 0.567. The zero-order chi connectivity index (χ0) is 16.5. The highest BCUT2D eigenvalue weighted by Crippen LogP contribution is 2.19. The van der Waals surface area contributed by atoms with Crippen LogP contribution in [-0.4, -0.2) is 14.1 Å². The third kappa shape index (κ3) is 2.34. The molecule has 0 radical (unpaired) electrons. The molecule has 0 saturated carbocycles. The molecule has 120 valence electrons. The van der Waals surface area contributed by atoms with Crippen molar-refractivity contribution in [2.24, 2.45) is 0 Å². The summed E-state index contributed by atoms with van der Waals surface area (Å²) in [6.45, 7) is 3.00. The SMILES string of the molecule is CCn1c(=O)n(Cc2coc(-c3ccccc3)n2)c2ccccc21. The molecule has 2 aromatic heterocycles. The van der Waals surface area contributed by atoms with Crippen LogP contribution in [0.1, 0.15) is 12.6 Å². The second-order valence-corrected chi connectivity index (χ2v) is 5.61. The topological polar surface area (TPSA) is 53.0 Å². The largest absolute Gasteiger partial charge is 0.444 e. The molecule has 24 heavy (non-hydrogen) atoms. The molecule has 4 rings (SSSR count). The summed E-state index contributed by atoms with van der Waals surface area (Å²) in [7, 11) is 0. The Morgan fingerprint density at radius 3 is 2.33 bits per heavy atom. The second kappa shape index (κ2) is 5.85. The number of hydrogen-bond donors (Lipinski definition) is 0. The van der Waals surface area contributed by atoms with Gasteiger partial charge in [0.05, 0.1) is 23.3 Å². The van der Waals surface area contributed by atoms with Crippen molar-refractivity contribution in [2.75, 3.05) is 0 Å². The smallest absolute Gasteiger partial charge is 0.329 e. The first-order chi connectivity index (χ1) is 11.8. The molecule has 0 atom stereocenters. The van der Waals surface area contributed by atoms with Gasteiger partial charge in [-0.3, -0.25) is 9.13 Å². The summed E-state index contributed by atoms with van der Waals surface area (Å²) in [5.41, 5.74) is 3.48. The van der Waals surface area contributed by atoms with Crippen molar-refractivity contribution in [1.82, 2.24) is 14.1 Å². The molecule has 2 aromatic carbocycles. The van der Waals surface area contributed by atoms with Crippen molar-refractivity contribution in [2.45, 2.75) is 20.0 Å². The van der Waals surface area contributed by atoms with Crippen molar-refractivity contribution in [3.63, 3.8) is 0 Å². The van der Waals surface area contributed by atoms with E-state index in [0.29, 0.717) is 19.0 Å². The van der Waals surface area contributed by atoms with Crippen LogP contribution in [0.5, 0.6) is 0 Å². The number of rotatable bonds is 4. The van der Waals surface area contributed by atoms with Crippen molar-refractivity contribution in [3.05, 3.63) is 77.0 Å². The van der Waals surface area contributed by atoms with E-state index in [-0.39, 0.29) is 5.69 Å². The summed E-state index contributed by atoms with van der Waals surface area (Å²) < 4.78 is 9.09. The molecule has 0 fully saturated rings. The highest BCUT2D eigenvalue weighted by atomic mass is 16.3. The molecule has 4 aromatic rings. The average Bonchev–Trinajstić information content (AvgIpc) is 3.20. The lowest BCUT2D eigenvalue weighted by Crippen LogP contribution is -2.24. The zero-order valence-electron chi connectivity index (χ0n) is 13.3. The Hall–Kier alpha value is -3.08. The monoisotopic (exact) mass is 319 g/mol. The maximum absolute atomic E-state index is 12.7. The lowest BCUT2D eigenvalue weighted by atomic mass is 10.2. The van der Waals surface area contributed by atoms with Crippen molar-refractivity contribution in [1.29, 1.82) is 0 Å². The van der Waals surface area contributed by atoms with Gasteiger partial charge in [0.1, 0.15) is 6.26 Å². The van der Waals surface area contributed by atoms with Gasteiger partial charge in [0.15, 0.2) is 0 Å². The minimum absolute atomic E-state index is 0.0250. The predicted octanol–water partition coefficient (Wildman–Crippen LogP) is 3.53. The number of benzene rings is 2. The Bertz CT molecular complexity index is 1040. The van der Waals surface area contributed by atoms with Gasteiger partial charge in [-0.2, -0.15) is 0 Å². The highest BCUT2D eigenvalue weighted by Gasteiger charge is 2.14. The van der Waals surface area contributed by atoms with Gasteiger partial charge >= 0.3 is 5.69 Å². The van der Waals surface area contributed by atoms with E-state index in [0.717, 1.165) is 22.3 Å². The first-order valence-corrected chi connectivity index (χ1v) is 7.96. The summed E-state index contributed by atoms with van der Waals surface area (Å²) in [4.78, 5) is 17.2. The van der Waals surface area contributed by atoms with Crippen LogP contribution in [0.2, 0.25) is 0 Å². The lowest BCUT2D eigenvalue weighted by Gasteiger charge is -1.99. The summed E-state index contributed by atoms with van der Waals surface area (Å²) >= 11 is 0. The summed E-state index contributed by atoms with van der Waals surface area (Å²) in [5, 5.41) is 0. The van der Waals surface area contributed by atoms with E-state index in [4.69, 9.17) is 4.42 Å². The Morgan fingerprint density at radius 1 is 0.958 bits per heavy atom.